The van der Waals surface area contributed by atoms with E-state index >= 15 is 0 Å². The molecular weight excluding hydrogens is 464 g/mol. The number of rotatable bonds is 10. The molecule has 2 aromatic carbocycles. The lowest BCUT2D eigenvalue weighted by Crippen LogP contribution is -2.43. The van der Waals surface area contributed by atoms with E-state index in [1.54, 1.807) is 47.6 Å². The van der Waals surface area contributed by atoms with Crippen LogP contribution in [0.1, 0.15) is 33.2 Å². The van der Waals surface area contributed by atoms with E-state index in [-0.39, 0.29) is 24.9 Å². The number of halogens is 1. The van der Waals surface area contributed by atoms with Gasteiger partial charge in [0.15, 0.2) is 0 Å². The molecule has 0 aliphatic rings. The summed E-state index contributed by atoms with van der Waals surface area (Å²) in [5.41, 5.74) is 1.58. The molecule has 0 fully saturated rings. The molecule has 4 rings (SSSR count). The van der Waals surface area contributed by atoms with E-state index in [2.05, 4.69) is 0 Å². The van der Waals surface area contributed by atoms with Crippen LogP contribution < -0.4 is 0 Å². The van der Waals surface area contributed by atoms with Crippen molar-refractivity contribution in [3.63, 3.8) is 0 Å². The standard InChI is InChI=1S/C28H27ClN2O4/c1-21-9-14-26(35-21)19-30(16-15-22-6-3-2-4-7-22)27(32)20-31(18-25-8-5-17-34-25)28(33)23-10-12-24(29)13-11-23/h2-14,17H,15-16,18-20H2,1H3. The highest BCUT2D eigenvalue weighted by molar-refractivity contribution is 6.30. The fourth-order valence-corrected chi connectivity index (χ4v) is 3.91. The summed E-state index contributed by atoms with van der Waals surface area (Å²) in [6.07, 6.45) is 2.24. The Morgan fingerprint density at radius 3 is 2.23 bits per heavy atom. The highest BCUT2D eigenvalue weighted by Crippen LogP contribution is 2.16. The predicted molar refractivity (Wildman–Crippen MR) is 134 cm³/mol. The topological polar surface area (TPSA) is 66.9 Å². The molecule has 0 N–H and O–H groups in total. The zero-order valence-corrected chi connectivity index (χ0v) is 20.3. The Hall–Kier alpha value is -3.77. The van der Waals surface area contributed by atoms with Crippen molar-refractivity contribution in [2.45, 2.75) is 26.4 Å². The highest BCUT2D eigenvalue weighted by Gasteiger charge is 2.24. The van der Waals surface area contributed by atoms with E-state index in [4.69, 9.17) is 20.4 Å². The van der Waals surface area contributed by atoms with Gasteiger partial charge in [-0.2, -0.15) is 0 Å². The Bertz CT molecular complexity index is 1230. The number of carbonyl (C=O) groups excluding carboxylic acids is 2. The third-order valence-corrected chi connectivity index (χ3v) is 5.89. The summed E-state index contributed by atoms with van der Waals surface area (Å²) < 4.78 is 11.2. The van der Waals surface area contributed by atoms with E-state index in [1.807, 2.05) is 49.4 Å². The van der Waals surface area contributed by atoms with Crippen LogP contribution in [0.25, 0.3) is 0 Å². The molecule has 0 unspecified atom stereocenters. The van der Waals surface area contributed by atoms with Crippen molar-refractivity contribution in [3.05, 3.63) is 119 Å². The van der Waals surface area contributed by atoms with Crippen molar-refractivity contribution in [1.29, 1.82) is 0 Å². The third kappa shape index (κ3) is 6.87. The third-order valence-electron chi connectivity index (χ3n) is 5.64. The van der Waals surface area contributed by atoms with Gasteiger partial charge in [0.2, 0.25) is 5.91 Å². The summed E-state index contributed by atoms with van der Waals surface area (Å²) in [5.74, 6) is 1.63. The highest BCUT2D eigenvalue weighted by atomic mass is 35.5. The van der Waals surface area contributed by atoms with E-state index < -0.39 is 0 Å². The monoisotopic (exact) mass is 490 g/mol. The number of aryl methyl sites for hydroxylation is 1. The van der Waals surface area contributed by atoms with Crippen LogP contribution in [0.5, 0.6) is 0 Å². The van der Waals surface area contributed by atoms with Crippen LogP contribution in [0, 0.1) is 6.92 Å². The molecule has 7 heteroatoms. The molecule has 0 aliphatic carbocycles. The van der Waals surface area contributed by atoms with Gasteiger partial charge in [0.1, 0.15) is 23.8 Å². The van der Waals surface area contributed by atoms with Gasteiger partial charge in [-0.05, 0) is 67.4 Å². The number of carbonyl (C=O) groups is 2. The number of benzene rings is 2. The maximum Gasteiger partial charge on any atom is 0.254 e. The second-order valence-electron chi connectivity index (χ2n) is 8.31. The van der Waals surface area contributed by atoms with E-state index in [9.17, 15) is 9.59 Å². The van der Waals surface area contributed by atoms with E-state index in [0.29, 0.717) is 41.6 Å². The Morgan fingerprint density at radius 2 is 1.57 bits per heavy atom. The molecule has 2 heterocycles. The molecule has 0 saturated carbocycles. The molecule has 2 aromatic heterocycles. The van der Waals surface area contributed by atoms with Gasteiger partial charge in [-0.1, -0.05) is 41.9 Å². The van der Waals surface area contributed by atoms with Crippen molar-refractivity contribution in [1.82, 2.24) is 9.80 Å². The molecule has 0 atom stereocenters. The average Bonchev–Trinajstić information content (AvgIpc) is 3.53. The second kappa shape index (κ2) is 11.6. The quantitative estimate of drug-likeness (QED) is 0.284. The summed E-state index contributed by atoms with van der Waals surface area (Å²) in [7, 11) is 0. The van der Waals surface area contributed by atoms with Crippen LogP contribution in [0.2, 0.25) is 5.02 Å². The fraction of sp³-hybridized carbons (Fsp3) is 0.214. The van der Waals surface area contributed by atoms with E-state index in [1.165, 1.54) is 4.90 Å². The molecule has 2 amide bonds. The van der Waals surface area contributed by atoms with Gasteiger partial charge in [0.05, 0.1) is 19.4 Å². The first kappa shape index (κ1) is 24.4. The van der Waals surface area contributed by atoms with Crippen molar-refractivity contribution in [2.24, 2.45) is 0 Å². The zero-order chi connectivity index (χ0) is 24.6. The van der Waals surface area contributed by atoms with E-state index in [0.717, 1.165) is 11.3 Å². The molecular formula is C28H27ClN2O4. The largest absolute Gasteiger partial charge is 0.467 e. The van der Waals surface area contributed by atoms with Crippen LogP contribution in [0.4, 0.5) is 0 Å². The average molecular weight is 491 g/mol. The molecule has 4 aromatic rings. The van der Waals surface area contributed by atoms with Crippen LogP contribution >= 0.6 is 11.6 Å². The lowest BCUT2D eigenvalue weighted by atomic mass is 10.1. The normalized spacial score (nSPS) is 10.8. The summed E-state index contributed by atoms with van der Waals surface area (Å²) in [5, 5.41) is 0.538. The number of hydrogen-bond acceptors (Lipinski definition) is 4. The lowest BCUT2D eigenvalue weighted by Gasteiger charge is -2.27. The molecule has 0 radical (unpaired) electrons. The van der Waals surface area contributed by atoms with Crippen LogP contribution in [-0.2, 0) is 24.3 Å². The Kier molecular flexibility index (Phi) is 8.06. The van der Waals surface area contributed by atoms with Gasteiger partial charge in [-0.15, -0.1) is 0 Å². The van der Waals surface area contributed by atoms with Crippen molar-refractivity contribution < 1.29 is 18.4 Å². The first-order valence-electron chi connectivity index (χ1n) is 11.4. The molecule has 0 spiro atoms. The number of amides is 2. The van der Waals surface area contributed by atoms with Crippen molar-refractivity contribution in [3.8, 4) is 0 Å². The molecule has 180 valence electrons. The number of hydrogen-bond donors (Lipinski definition) is 0. The Balaban J connectivity index is 1.53. The van der Waals surface area contributed by atoms with Gasteiger partial charge >= 0.3 is 0 Å². The molecule has 0 aliphatic heterocycles. The fourth-order valence-electron chi connectivity index (χ4n) is 3.79. The predicted octanol–water partition coefficient (Wildman–Crippen LogP) is 5.75. The number of nitrogens with zero attached hydrogens (tertiary/aromatic N) is 2. The maximum atomic E-state index is 13.5. The summed E-state index contributed by atoms with van der Waals surface area (Å²) >= 11 is 5.99. The smallest absolute Gasteiger partial charge is 0.254 e. The molecule has 35 heavy (non-hydrogen) atoms. The SMILES string of the molecule is Cc1ccc(CN(CCc2ccccc2)C(=O)CN(Cc2ccco2)C(=O)c2ccc(Cl)cc2)o1. The summed E-state index contributed by atoms with van der Waals surface area (Å²) in [4.78, 5) is 30.1. The van der Waals surface area contributed by atoms with Crippen LogP contribution in [0.3, 0.4) is 0 Å². The molecule has 0 saturated heterocycles. The zero-order valence-electron chi connectivity index (χ0n) is 19.5. The van der Waals surface area contributed by atoms with Gasteiger partial charge in [0, 0.05) is 17.1 Å². The Labute approximate surface area is 209 Å². The molecule has 0 bridgehead atoms. The maximum absolute atomic E-state index is 13.5. The summed E-state index contributed by atoms with van der Waals surface area (Å²) in [6.45, 7) is 2.76. The van der Waals surface area contributed by atoms with Gasteiger partial charge in [-0.3, -0.25) is 9.59 Å². The molecule has 6 nitrogen and oxygen atoms in total. The van der Waals surface area contributed by atoms with Crippen molar-refractivity contribution >= 4 is 23.4 Å². The van der Waals surface area contributed by atoms with Crippen LogP contribution in [0.15, 0.2) is 94.0 Å². The summed E-state index contributed by atoms with van der Waals surface area (Å²) in [6, 6.07) is 23.9. The van der Waals surface area contributed by atoms with Gasteiger partial charge in [-0.25, -0.2) is 0 Å². The first-order chi connectivity index (χ1) is 17.0. The Morgan fingerprint density at radius 1 is 0.829 bits per heavy atom. The minimum atomic E-state index is -0.275. The van der Waals surface area contributed by atoms with Crippen LogP contribution in [-0.4, -0.2) is 34.7 Å². The first-order valence-corrected chi connectivity index (χ1v) is 11.8. The van der Waals surface area contributed by atoms with Crippen molar-refractivity contribution in [2.75, 3.05) is 13.1 Å². The minimum absolute atomic E-state index is 0.101. The second-order valence-corrected chi connectivity index (χ2v) is 8.75. The lowest BCUT2D eigenvalue weighted by molar-refractivity contribution is -0.133. The number of furan rings is 2. The van der Waals surface area contributed by atoms with Gasteiger partial charge in [0.25, 0.3) is 5.91 Å². The van der Waals surface area contributed by atoms with Gasteiger partial charge < -0.3 is 18.6 Å². The minimum Gasteiger partial charge on any atom is -0.467 e.